The van der Waals surface area contributed by atoms with E-state index in [9.17, 15) is 0 Å². The van der Waals surface area contributed by atoms with Crippen LogP contribution in [-0.4, -0.2) is 25.9 Å². The SMILES string of the molecule is CCNC(COC(C)(C)C)c1ccccc1OC. The number of nitrogens with one attached hydrogen (secondary N) is 1. The zero-order chi connectivity index (χ0) is 13.6. The third-order valence-corrected chi connectivity index (χ3v) is 2.65. The average Bonchev–Trinajstić information content (AvgIpc) is 2.33. The van der Waals surface area contributed by atoms with Gasteiger partial charge in [0.05, 0.1) is 25.4 Å². The van der Waals surface area contributed by atoms with Crippen molar-refractivity contribution in [3.05, 3.63) is 29.8 Å². The number of methoxy groups -OCH3 is 1. The predicted molar refractivity (Wildman–Crippen MR) is 75.1 cm³/mol. The highest BCUT2D eigenvalue weighted by molar-refractivity contribution is 5.35. The Morgan fingerprint density at radius 1 is 1.22 bits per heavy atom. The second-order valence-corrected chi connectivity index (χ2v) is 5.28. The van der Waals surface area contributed by atoms with E-state index in [-0.39, 0.29) is 11.6 Å². The van der Waals surface area contributed by atoms with Crippen LogP contribution >= 0.6 is 0 Å². The standard InChI is InChI=1S/C15H25NO2/c1-6-16-13(11-18-15(2,3)4)12-9-7-8-10-14(12)17-5/h7-10,13,16H,6,11H2,1-5H3. The van der Waals surface area contributed by atoms with Crippen LogP contribution < -0.4 is 10.1 Å². The molecule has 3 heteroatoms. The molecule has 1 aromatic rings. The Morgan fingerprint density at radius 2 is 1.89 bits per heavy atom. The molecule has 0 saturated carbocycles. The van der Waals surface area contributed by atoms with Crippen molar-refractivity contribution in [2.24, 2.45) is 0 Å². The topological polar surface area (TPSA) is 30.5 Å². The van der Waals surface area contributed by atoms with Gasteiger partial charge in [0.15, 0.2) is 0 Å². The lowest BCUT2D eigenvalue weighted by Gasteiger charge is -2.26. The molecule has 0 aliphatic carbocycles. The van der Waals surface area contributed by atoms with Gasteiger partial charge in [-0.05, 0) is 33.4 Å². The van der Waals surface area contributed by atoms with Crippen molar-refractivity contribution >= 4 is 0 Å². The highest BCUT2D eigenvalue weighted by Gasteiger charge is 2.18. The van der Waals surface area contributed by atoms with E-state index in [1.165, 1.54) is 0 Å². The van der Waals surface area contributed by atoms with Gasteiger partial charge in [0.1, 0.15) is 5.75 Å². The van der Waals surface area contributed by atoms with Crippen molar-refractivity contribution in [1.29, 1.82) is 0 Å². The Hall–Kier alpha value is -1.06. The molecule has 0 spiro atoms. The van der Waals surface area contributed by atoms with E-state index in [0.717, 1.165) is 17.9 Å². The molecule has 1 rings (SSSR count). The van der Waals surface area contributed by atoms with E-state index in [4.69, 9.17) is 9.47 Å². The summed E-state index contributed by atoms with van der Waals surface area (Å²) in [5, 5.41) is 3.44. The molecule has 3 nitrogen and oxygen atoms in total. The van der Waals surface area contributed by atoms with Gasteiger partial charge in [-0.1, -0.05) is 25.1 Å². The quantitative estimate of drug-likeness (QED) is 0.842. The van der Waals surface area contributed by atoms with Gasteiger partial charge in [-0.2, -0.15) is 0 Å². The largest absolute Gasteiger partial charge is 0.496 e. The zero-order valence-corrected chi connectivity index (χ0v) is 12.1. The van der Waals surface area contributed by atoms with Crippen LogP contribution in [0.1, 0.15) is 39.3 Å². The highest BCUT2D eigenvalue weighted by Crippen LogP contribution is 2.26. The summed E-state index contributed by atoms with van der Waals surface area (Å²) >= 11 is 0. The summed E-state index contributed by atoms with van der Waals surface area (Å²) in [5.74, 6) is 0.904. The van der Waals surface area contributed by atoms with Gasteiger partial charge in [-0.3, -0.25) is 0 Å². The summed E-state index contributed by atoms with van der Waals surface area (Å²) in [7, 11) is 1.70. The third kappa shape index (κ3) is 4.67. The van der Waals surface area contributed by atoms with Crippen LogP contribution in [0.25, 0.3) is 0 Å². The lowest BCUT2D eigenvalue weighted by atomic mass is 10.1. The first-order chi connectivity index (χ1) is 8.48. The van der Waals surface area contributed by atoms with Gasteiger partial charge < -0.3 is 14.8 Å². The fourth-order valence-electron chi connectivity index (χ4n) is 1.79. The van der Waals surface area contributed by atoms with E-state index >= 15 is 0 Å². The van der Waals surface area contributed by atoms with Gasteiger partial charge in [0.2, 0.25) is 0 Å². The molecule has 1 N–H and O–H groups in total. The maximum Gasteiger partial charge on any atom is 0.123 e. The second kappa shape index (κ2) is 6.76. The Kier molecular flexibility index (Phi) is 5.63. The maximum absolute atomic E-state index is 5.88. The molecule has 0 aliphatic rings. The molecule has 0 saturated heterocycles. The van der Waals surface area contributed by atoms with Crippen molar-refractivity contribution < 1.29 is 9.47 Å². The zero-order valence-electron chi connectivity index (χ0n) is 12.1. The molecule has 0 aromatic heterocycles. The number of para-hydroxylation sites is 1. The first kappa shape index (κ1) is 15.0. The third-order valence-electron chi connectivity index (χ3n) is 2.65. The monoisotopic (exact) mass is 251 g/mol. The molecule has 1 unspecified atom stereocenters. The predicted octanol–water partition coefficient (Wildman–Crippen LogP) is 3.16. The Morgan fingerprint density at radius 3 is 2.44 bits per heavy atom. The summed E-state index contributed by atoms with van der Waals surface area (Å²) in [6, 6.07) is 8.23. The van der Waals surface area contributed by atoms with Crippen LogP contribution in [0.3, 0.4) is 0 Å². The summed E-state index contributed by atoms with van der Waals surface area (Å²) in [4.78, 5) is 0. The van der Waals surface area contributed by atoms with Crippen molar-refractivity contribution in [1.82, 2.24) is 5.32 Å². The summed E-state index contributed by atoms with van der Waals surface area (Å²) < 4.78 is 11.3. The molecule has 0 fully saturated rings. The van der Waals surface area contributed by atoms with Crippen LogP contribution in [0.15, 0.2) is 24.3 Å². The molecule has 0 radical (unpaired) electrons. The van der Waals surface area contributed by atoms with Crippen LogP contribution in [0, 0.1) is 0 Å². The van der Waals surface area contributed by atoms with Crippen LogP contribution in [-0.2, 0) is 4.74 Å². The lowest BCUT2D eigenvalue weighted by Crippen LogP contribution is -2.30. The minimum Gasteiger partial charge on any atom is -0.496 e. The number of rotatable bonds is 6. The number of hydrogen-bond donors (Lipinski definition) is 1. The van der Waals surface area contributed by atoms with Crippen LogP contribution in [0.4, 0.5) is 0 Å². The molecule has 102 valence electrons. The second-order valence-electron chi connectivity index (χ2n) is 5.28. The first-order valence-corrected chi connectivity index (χ1v) is 6.48. The Balaban J connectivity index is 2.83. The van der Waals surface area contributed by atoms with E-state index in [2.05, 4.69) is 39.1 Å². The van der Waals surface area contributed by atoms with E-state index in [1.807, 2.05) is 18.2 Å². The van der Waals surface area contributed by atoms with Crippen molar-refractivity contribution in [3.8, 4) is 5.75 Å². The smallest absolute Gasteiger partial charge is 0.123 e. The lowest BCUT2D eigenvalue weighted by molar-refractivity contribution is -0.0148. The molecule has 0 amide bonds. The minimum atomic E-state index is -0.129. The summed E-state index contributed by atoms with van der Waals surface area (Å²) in [6.07, 6.45) is 0. The molecule has 0 aliphatic heterocycles. The molecular formula is C15H25NO2. The van der Waals surface area contributed by atoms with Gasteiger partial charge >= 0.3 is 0 Å². The van der Waals surface area contributed by atoms with E-state index < -0.39 is 0 Å². The Labute approximate surface area is 110 Å². The van der Waals surface area contributed by atoms with Crippen molar-refractivity contribution in [3.63, 3.8) is 0 Å². The van der Waals surface area contributed by atoms with E-state index in [1.54, 1.807) is 7.11 Å². The molecule has 1 aromatic carbocycles. The highest BCUT2D eigenvalue weighted by atomic mass is 16.5. The number of hydrogen-bond acceptors (Lipinski definition) is 3. The number of benzene rings is 1. The maximum atomic E-state index is 5.88. The van der Waals surface area contributed by atoms with Crippen molar-refractivity contribution in [2.45, 2.75) is 39.3 Å². The molecular weight excluding hydrogens is 226 g/mol. The molecule has 0 heterocycles. The fourth-order valence-corrected chi connectivity index (χ4v) is 1.79. The first-order valence-electron chi connectivity index (χ1n) is 6.48. The van der Waals surface area contributed by atoms with Gasteiger partial charge in [-0.25, -0.2) is 0 Å². The summed E-state index contributed by atoms with van der Waals surface area (Å²) in [6.45, 7) is 9.84. The number of likely N-dealkylation sites (N-methyl/N-ethyl adjacent to an activating group) is 1. The van der Waals surface area contributed by atoms with Crippen molar-refractivity contribution in [2.75, 3.05) is 20.3 Å². The molecule has 1 atom stereocenters. The van der Waals surface area contributed by atoms with Gasteiger partial charge in [0, 0.05) is 5.56 Å². The van der Waals surface area contributed by atoms with Crippen LogP contribution in [0.5, 0.6) is 5.75 Å². The Bertz CT molecular complexity index is 358. The number of ether oxygens (including phenoxy) is 2. The minimum absolute atomic E-state index is 0.129. The molecule has 18 heavy (non-hydrogen) atoms. The molecule has 0 bridgehead atoms. The average molecular weight is 251 g/mol. The van der Waals surface area contributed by atoms with Gasteiger partial charge in [-0.15, -0.1) is 0 Å². The normalized spacial score (nSPS) is 13.4. The summed E-state index contributed by atoms with van der Waals surface area (Å²) in [5.41, 5.74) is 1.02. The van der Waals surface area contributed by atoms with Gasteiger partial charge in [0.25, 0.3) is 0 Å². The van der Waals surface area contributed by atoms with Crippen LogP contribution in [0.2, 0.25) is 0 Å². The van der Waals surface area contributed by atoms with E-state index in [0.29, 0.717) is 6.61 Å². The fraction of sp³-hybridized carbons (Fsp3) is 0.600.